The van der Waals surface area contributed by atoms with Crippen molar-refractivity contribution in [1.82, 2.24) is 5.32 Å². The fourth-order valence-electron chi connectivity index (χ4n) is 1.80. The van der Waals surface area contributed by atoms with Gasteiger partial charge in [0, 0.05) is 24.7 Å². The number of hydrogen-bond acceptors (Lipinski definition) is 3. The van der Waals surface area contributed by atoms with Crippen LogP contribution in [0.1, 0.15) is 36.9 Å². The number of methoxy groups -OCH3 is 1. The van der Waals surface area contributed by atoms with Gasteiger partial charge in [0.25, 0.3) is 0 Å². The molecule has 1 aromatic rings. The van der Waals surface area contributed by atoms with Gasteiger partial charge in [-0.05, 0) is 24.1 Å². The molecule has 0 aromatic heterocycles. The Morgan fingerprint density at radius 2 is 1.78 bits per heavy atom. The van der Waals surface area contributed by atoms with E-state index in [2.05, 4.69) is 43.4 Å². The Labute approximate surface area is 116 Å². The summed E-state index contributed by atoms with van der Waals surface area (Å²) in [6, 6.07) is 9.39. The zero-order chi connectivity index (χ0) is 13.4. The van der Waals surface area contributed by atoms with Crippen LogP contribution in [0.2, 0.25) is 0 Å². The van der Waals surface area contributed by atoms with Gasteiger partial charge in [0.1, 0.15) is 0 Å². The van der Waals surface area contributed by atoms with E-state index in [1.54, 1.807) is 7.11 Å². The molecule has 2 nitrogen and oxygen atoms in total. The average Bonchev–Trinajstić information content (AvgIpc) is 2.39. The van der Waals surface area contributed by atoms with Crippen molar-refractivity contribution >= 4 is 11.8 Å². The van der Waals surface area contributed by atoms with Crippen LogP contribution in [0.3, 0.4) is 0 Å². The van der Waals surface area contributed by atoms with Crippen LogP contribution >= 0.6 is 11.8 Å². The second kappa shape index (κ2) is 8.57. The summed E-state index contributed by atoms with van der Waals surface area (Å²) in [4.78, 5) is 0. The highest BCUT2D eigenvalue weighted by molar-refractivity contribution is 7.99. The van der Waals surface area contributed by atoms with Gasteiger partial charge in [-0.25, -0.2) is 0 Å². The Morgan fingerprint density at radius 1 is 1.17 bits per heavy atom. The largest absolute Gasteiger partial charge is 0.384 e. The zero-order valence-electron chi connectivity index (χ0n) is 11.9. The lowest BCUT2D eigenvalue weighted by Gasteiger charge is -2.17. The molecule has 0 spiro atoms. The highest BCUT2D eigenvalue weighted by Gasteiger charge is 2.09. The molecule has 0 fully saturated rings. The van der Waals surface area contributed by atoms with E-state index >= 15 is 0 Å². The van der Waals surface area contributed by atoms with E-state index in [0.717, 1.165) is 18.1 Å². The summed E-state index contributed by atoms with van der Waals surface area (Å²) in [5, 5.41) is 3.38. The Bertz CT molecular complexity index is 324. The van der Waals surface area contributed by atoms with Crippen LogP contribution in [-0.2, 0) is 4.74 Å². The van der Waals surface area contributed by atoms with Gasteiger partial charge < -0.3 is 10.1 Å². The van der Waals surface area contributed by atoms with Gasteiger partial charge in [0.05, 0.1) is 6.61 Å². The lowest BCUT2D eigenvalue weighted by molar-refractivity contribution is 0.218. The molecule has 1 aromatic carbocycles. The van der Waals surface area contributed by atoms with Gasteiger partial charge >= 0.3 is 0 Å². The molecule has 0 bridgehead atoms. The molecule has 3 heteroatoms. The van der Waals surface area contributed by atoms with E-state index in [4.69, 9.17) is 4.74 Å². The maximum atomic E-state index is 5.06. The van der Waals surface area contributed by atoms with E-state index < -0.39 is 0 Å². The number of hydrogen-bond donors (Lipinski definition) is 1. The van der Waals surface area contributed by atoms with E-state index in [0.29, 0.717) is 12.0 Å². The molecule has 1 rings (SSSR count). The van der Waals surface area contributed by atoms with Gasteiger partial charge in [-0.3, -0.25) is 0 Å². The minimum atomic E-state index is 0.424. The number of rotatable bonds is 8. The highest BCUT2D eigenvalue weighted by Crippen LogP contribution is 2.21. The maximum Gasteiger partial charge on any atom is 0.0552 e. The molecular formula is C15H25NOS. The number of benzene rings is 1. The molecule has 0 aliphatic heterocycles. The molecule has 1 unspecified atom stereocenters. The minimum Gasteiger partial charge on any atom is -0.384 e. The van der Waals surface area contributed by atoms with Crippen LogP contribution < -0.4 is 5.32 Å². The van der Waals surface area contributed by atoms with E-state index in [-0.39, 0.29) is 0 Å². The minimum absolute atomic E-state index is 0.424. The van der Waals surface area contributed by atoms with Crippen LogP contribution in [0.4, 0.5) is 0 Å². The van der Waals surface area contributed by atoms with Gasteiger partial charge in [-0.1, -0.05) is 38.1 Å². The molecule has 0 aliphatic carbocycles. The molecule has 0 saturated carbocycles. The van der Waals surface area contributed by atoms with Crippen molar-refractivity contribution in [3.05, 3.63) is 35.4 Å². The molecule has 0 amide bonds. The first kappa shape index (κ1) is 15.5. The second-order valence-electron chi connectivity index (χ2n) is 4.73. The molecular weight excluding hydrogens is 242 g/mol. The van der Waals surface area contributed by atoms with E-state index in [1.807, 2.05) is 18.8 Å². The summed E-state index contributed by atoms with van der Waals surface area (Å²) in [6.45, 7) is 5.28. The predicted molar refractivity (Wildman–Crippen MR) is 81.5 cm³/mol. The summed E-state index contributed by atoms with van der Waals surface area (Å²) in [7, 11) is 3.78. The number of nitrogens with one attached hydrogen (secondary N) is 1. The van der Waals surface area contributed by atoms with Crippen LogP contribution in [0.15, 0.2) is 24.3 Å². The predicted octanol–water partition coefficient (Wildman–Crippen LogP) is 3.45. The van der Waals surface area contributed by atoms with Crippen molar-refractivity contribution in [1.29, 1.82) is 0 Å². The fraction of sp³-hybridized carbons (Fsp3) is 0.600. The zero-order valence-corrected chi connectivity index (χ0v) is 12.7. The normalized spacial score (nSPS) is 12.9. The highest BCUT2D eigenvalue weighted by atomic mass is 32.2. The summed E-state index contributed by atoms with van der Waals surface area (Å²) in [6.07, 6.45) is 0. The Hall–Kier alpha value is -0.510. The first-order valence-electron chi connectivity index (χ1n) is 6.52. The van der Waals surface area contributed by atoms with Crippen LogP contribution in [0.25, 0.3) is 0 Å². The third-order valence-corrected chi connectivity index (χ3v) is 4.09. The van der Waals surface area contributed by atoms with E-state index in [1.165, 1.54) is 11.1 Å². The van der Waals surface area contributed by atoms with Gasteiger partial charge in [0.15, 0.2) is 0 Å². The second-order valence-corrected chi connectivity index (χ2v) is 5.88. The lowest BCUT2D eigenvalue weighted by atomic mass is 10.00. The smallest absolute Gasteiger partial charge is 0.0552 e. The van der Waals surface area contributed by atoms with Crippen molar-refractivity contribution in [3.8, 4) is 0 Å². The first-order chi connectivity index (χ1) is 8.69. The van der Waals surface area contributed by atoms with Crippen LogP contribution in [0.5, 0.6) is 0 Å². The van der Waals surface area contributed by atoms with Gasteiger partial charge in [-0.15, -0.1) is 0 Å². The number of ether oxygens (including phenoxy) is 1. The van der Waals surface area contributed by atoms with Crippen molar-refractivity contribution in [2.45, 2.75) is 25.8 Å². The van der Waals surface area contributed by atoms with Crippen molar-refractivity contribution in [3.63, 3.8) is 0 Å². The summed E-state index contributed by atoms with van der Waals surface area (Å²) in [5.74, 6) is 2.74. The van der Waals surface area contributed by atoms with Crippen LogP contribution in [0, 0.1) is 0 Å². The monoisotopic (exact) mass is 267 g/mol. The number of thioether (sulfide) groups is 1. The molecule has 1 atom stereocenters. The molecule has 0 radical (unpaired) electrons. The Balaban J connectivity index is 2.53. The molecule has 0 aliphatic rings. The van der Waals surface area contributed by atoms with Crippen LogP contribution in [-0.4, -0.2) is 32.3 Å². The molecule has 0 heterocycles. The molecule has 0 saturated heterocycles. The molecule has 18 heavy (non-hydrogen) atoms. The maximum absolute atomic E-state index is 5.06. The van der Waals surface area contributed by atoms with Gasteiger partial charge in [0.2, 0.25) is 0 Å². The Morgan fingerprint density at radius 3 is 2.28 bits per heavy atom. The SMILES string of the molecule is CNC(CSCCOC)c1ccc(C(C)C)cc1. The third kappa shape index (κ3) is 5.01. The summed E-state index contributed by atoms with van der Waals surface area (Å²) >= 11 is 1.93. The Kier molecular flexibility index (Phi) is 7.40. The third-order valence-electron chi connectivity index (χ3n) is 3.07. The summed E-state index contributed by atoms with van der Waals surface area (Å²) < 4.78 is 5.06. The quantitative estimate of drug-likeness (QED) is 0.729. The molecule has 102 valence electrons. The first-order valence-corrected chi connectivity index (χ1v) is 7.68. The van der Waals surface area contributed by atoms with Gasteiger partial charge in [-0.2, -0.15) is 11.8 Å². The fourth-order valence-corrected chi connectivity index (χ4v) is 2.85. The van der Waals surface area contributed by atoms with Crippen molar-refractivity contribution in [2.75, 3.05) is 32.3 Å². The molecule has 1 N–H and O–H groups in total. The standard InChI is InChI=1S/C15H25NOS/c1-12(2)13-5-7-14(8-6-13)15(16-3)11-18-10-9-17-4/h5-8,12,15-16H,9-11H2,1-4H3. The topological polar surface area (TPSA) is 21.3 Å². The average molecular weight is 267 g/mol. The van der Waals surface area contributed by atoms with Crippen molar-refractivity contribution in [2.24, 2.45) is 0 Å². The lowest BCUT2D eigenvalue weighted by Crippen LogP contribution is -2.19. The van der Waals surface area contributed by atoms with E-state index in [9.17, 15) is 0 Å². The summed E-state index contributed by atoms with van der Waals surface area (Å²) in [5.41, 5.74) is 2.77. The van der Waals surface area contributed by atoms with Crippen molar-refractivity contribution < 1.29 is 4.74 Å².